The van der Waals surface area contributed by atoms with Crippen molar-refractivity contribution in [1.29, 1.82) is 0 Å². The second kappa shape index (κ2) is 6.53. The van der Waals surface area contributed by atoms with Crippen LogP contribution in [-0.2, 0) is 11.4 Å². The van der Waals surface area contributed by atoms with Gasteiger partial charge in [0, 0.05) is 11.6 Å². The van der Waals surface area contributed by atoms with E-state index in [0.29, 0.717) is 16.7 Å². The Kier molecular flexibility index (Phi) is 4.29. The van der Waals surface area contributed by atoms with E-state index in [9.17, 15) is 4.79 Å². The predicted octanol–water partition coefficient (Wildman–Crippen LogP) is 1.30. The van der Waals surface area contributed by atoms with Crippen LogP contribution in [0.4, 0.5) is 0 Å². The smallest absolute Gasteiger partial charge is 0.313 e. The van der Waals surface area contributed by atoms with E-state index < -0.39 is 5.97 Å². The number of aliphatic carboxylic acids is 1. The molecule has 3 N–H and O–H groups in total. The normalized spacial score (nSPS) is 10.8. The number of nitrogen functional groups attached to an aromatic ring is 1. The molecule has 118 valence electrons. The first-order valence-electron chi connectivity index (χ1n) is 6.65. The Labute approximate surface area is 135 Å². The van der Waals surface area contributed by atoms with Gasteiger partial charge < -0.3 is 15.7 Å². The highest BCUT2D eigenvalue weighted by Gasteiger charge is 2.13. The molecule has 0 atom stereocenters. The fourth-order valence-corrected chi connectivity index (χ4v) is 2.56. The number of pyridine rings is 1. The predicted molar refractivity (Wildman–Crippen MR) is 84.6 cm³/mol. The Morgan fingerprint density at radius 1 is 1.30 bits per heavy atom. The molecule has 0 unspecified atom stereocenters. The summed E-state index contributed by atoms with van der Waals surface area (Å²) >= 11 is 0.997. The van der Waals surface area contributed by atoms with Crippen LogP contribution in [0.5, 0.6) is 5.75 Å². The minimum atomic E-state index is -0.947. The van der Waals surface area contributed by atoms with Crippen molar-refractivity contribution in [2.75, 3.05) is 11.6 Å². The number of ether oxygens (including phenoxy) is 1. The summed E-state index contributed by atoms with van der Waals surface area (Å²) in [5.74, 6) is 5.78. The fourth-order valence-electron chi connectivity index (χ4n) is 1.97. The van der Waals surface area contributed by atoms with Crippen LogP contribution in [0.15, 0.2) is 41.7 Å². The van der Waals surface area contributed by atoms with E-state index in [0.717, 1.165) is 22.7 Å². The second-order valence-corrected chi connectivity index (χ2v) is 5.51. The molecule has 0 amide bonds. The summed E-state index contributed by atoms with van der Waals surface area (Å²) in [5.41, 5.74) is 0.749. The SMILES string of the molecule is Nn1c(COc2cccc3cccnc23)nnc1SCC(=O)O. The molecule has 3 rings (SSSR count). The molecule has 8 nitrogen and oxygen atoms in total. The molecule has 0 fully saturated rings. The van der Waals surface area contributed by atoms with Gasteiger partial charge in [-0.25, -0.2) is 4.68 Å². The van der Waals surface area contributed by atoms with Gasteiger partial charge in [0.1, 0.15) is 17.9 Å². The molecule has 0 bridgehead atoms. The summed E-state index contributed by atoms with van der Waals surface area (Å²) in [6, 6.07) is 9.43. The monoisotopic (exact) mass is 331 g/mol. The molecule has 9 heteroatoms. The number of nitrogens with two attached hydrogens (primary N) is 1. The molecule has 0 saturated heterocycles. The molecular formula is C14H13N5O3S. The van der Waals surface area contributed by atoms with Crippen LogP contribution in [0.2, 0.25) is 0 Å². The number of carbonyl (C=O) groups is 1. The number of rotatable bonds is 6. The largest absolute Gasteiger partial charge is 0.483 e. The zero-order chi connectivity index (χ0) is 16.2. The summed E-state index contributed by atoms with van der Waals surface area (Å²) < 4.78 is 6.96. The van der Waals surface area contributed by atoms with E-state index in [4.69, 9.17) is 15.7 Å². The Hall–Kier alpha value is -2.81. The van der Waals surface area contributed by atoms with Crippen LogP contribution >= 0.6 is 11.8 Å². The van der Waals surface area contributed by atoms with Crippen LogP contribution in [0, 0.1) is 0 Å². The van der Waals surface area contributed by atoms with Gasteiger partial charge in [0.25, 0.3) is 0 Å². The fraction of sp³-hybridized carbons (Fsp3) is 0.143. The average Bonchev–Trinajstić information content (AvgIpc) is 2.91. The first kappa shape index (κ1) is 15.1. The molecule has 0 aliphatic carbocycles. The molecule has 0 aliphatic rings. The highest BCUT2D eigenvalue weighted by Crippen LogP contribution is 2.24. The first-order valence-corrected chi connectivity index (χ1v) is 7.64. The lowest BCUT2D eigenvalue weighted by atomic mass is 10.2. The van der Waals surface area contributed by atoms with Crippen molar-refractivity contribution in [2.45, 2.75) is 11.8 Å². The number of carboxylic acid groups (broad SMARTS) is 1. The minimum absolute atomic E-state index is 0.104. The van der Waals surface area contributed by atoms with Gasteiger partial charge >= 0.3 is 5.97 Å². The summed E-state index contributed by atoms with van der Waals surface area (Å²) in [6.45, 7) is 0.104. The number of aromatic nitrogens is 4. The van der Waals surface area contributed by atoms with Crippen molar-refractivity contribution in [3.8, 4) is 5.75 Å². The molecule has 0 saturated carbocycles. The van der Waals surface area contributed by atoms with Crippen LogP contribution in [0.1, 0.15) is 5.82 Å². The molecule has 0 aliphatic heterocycles. The van der Waals surface area contributed by atoms with Gasteiger partial charge in [-0.15, -0.1) is 10.2 Å². The molecule has 0 spiro atoms. The topological polar surface area (TPSA) is 116 Å². The van der Waals surface area contributed by atoms with Crippen LogP contribution < -0.4 is 10.6 Å². The zero-order valence-electron chi connectivity index (χ0n) is 11.9. The Morgan fingerprint density at radius 3 is 2.96 bits per heavy atom. The van der Waals surface area contributed by atoms with Crippen LogP contribution in [0.25, 0.3) is 10.9 Å². The number of nitrogens with zero attached hydrogens (tertiary/aromatic N) is 4. The summed E-state index contributed by atoms with van der Waals surface area (Å²) in [4.78, 5) is 14.9. The van der Waals surface area contributed by atoms with E-state index in [-0.39, 0.29) is 12.4 Å². The van der Waals surface area contributed by atoms with Crippen molar-refractivity contribution >= 4 is 28.6 Å². The molecule has 0 radical (unpaired) electrons. The van der Waals surface area contributed by atoms with Gasteiger partial charge in [-0.2, -0.15) is 0 Å². The lowest BCUT2D eigenvalue weighted by Gasteiger charge is -2.08. The van der Waals surface area contributed by atoms with Crippen LogP contribution in [-0.4, -0.2) is 36.7 Å². The molecule has 1 aromatic carbocycles. The lowest BCUT2D eigenvalue weighted by Crippen LogP contribution is -2.16. The maximum Gasteiger partial charge on any atom is 0.313 e. The van der Waals surface area contributed by atoms with E-state index in [2.05, 4.69) is 15.2 Å². The standard InChI is InChI=1S/C14H13N5O3S/c15-19-11(17-18-14(19)23-8-12(20)21)7-22-10-5-1-3-9-4-2-6-16-13(9)10/h1-6H,7-8,15H2,(H,20,21). The van der Waals surface area contributed by atoms with Gasteiger partial charge in [0.2, 0.25) is 5.16 Å². The Balaban J connectivity index is 1.74. The maximum atomic E-state index is 10.6. The number of benzene rings is 1. The first-order chi connectivity index (χ1) is 11.1. The second-order valence-electron chi connectivity index (χ2n) is 4.57. The average molecular weight is 331 g/mol. The zero-order valence-corrected chi connectivity index (χ0v) is 12.7. The van der Waals surface area contributed by atoms with E-state index in [1.165, 1.54) is 4.68 Å². The highest BCUT2D eigenvalue weighted by molar-refractivity contribution is 7.99. The summed E-state index contributed by atoms with van der Waals surface area (Å²) in [5, 5.41) is 17.7. The van der Waals surface area contributed by atoms with Gasteiger partial charge in [-0.05, 0) is 12.1 Å². The van der Waals surface area contributed by atoms with Gasteiger partial charge in [-0.1, -0.05) is 30.0 Å². The summed E-state index contributed by atoms with van der Waals surface area (Å²) in [6.07, 6.45) is 1.70. The number of hydrogen-bond acceptors (Lipinski definition) is 7. The number of fused-ring (bicyclic) bond motifs is 1. The maximum absolute atomic E-state index is 10.6. The third-order valence-electron chi connectivity index (χ3n) is 3.01. The minimum Gasteiger partial charge on any atom is -0.483 e. The quantitative estimate of drug-likeness (QED) is 0.513. The molecule has 2 aromatic heterocycles. The van der Waals surface area contributed by atoms with E-state index in [1.54, 1.807) is 6.20 Å². The van der Waals surface area contributed by atoms with Crippen molar-refractivity contribution in [3.63, 3.8) is 0 Å². The number of thioether (sulfide) groups is 1. The van der Waals surface area contributed by atoms with E-state index >= 15 is 0 Å². The van der Waals surface area contributed by atoms with Gasteiger partial charge in [0.15, 0.2) is 5.82 Å². The van der Waals surface area contributed by atoms with Gasteiger partial charge in [-0.3, -0.25) is 9.78 Å². The van der Waals surface area contributed by atoms with Crippen LogP contribution in [0.3, 0.4) is 0 Å². The van der Waals surface area contributed by atoms with E-state index in [1.807, 2.05) is 30.3 Å². The molecule has 3 aromatic rings. The molecule has 2 heterocycles. The highest BCUT2D eigenvalue weighted by atomic mass is 32.2. The molecule has 23 heavy (non-hydrogen) atoms. The third kappa shape index (κ3) is 3.34. The van der Waals surface area contributed by atoms with Crippen molar-refractivity contribution in [3.05, 3.63) is 42.4 Å². The van der Waals surface area contributed by atoms with Gasteiger partial charge in [0.05, 0.1) is 5.75 Å². The molecular weight excluding hydrogens is 318 g/mol. The Morgan fingerprint density at radius 2 is 2.13 bits per heavy atom. The van der Waals surface area contributed by atoms with Crippen molar-refractivity contribution < 1.29 is 14.6 Å². The lowest BCUT2D eigenvalue weighted by molar-refractivity contribution is -0.133. The number of hydrogen-bond donors (Lipinski definition) is 2. The number of para-hydroxylation sites is 1. The summed E-state index contributed by atoms with van der Waals surface area (Å²) in [7, 11) is 0. The Bertz CT molecular complexity index is 846. The number of carboxylic acids is 1. The van der Waals surface area contributed by atoms with Crippen molar-refractivity contribution in [1.82, 2.24) is 19.9 Å². The van der Waals surface area contributed by atoms with Crippen molar-refractivity contribution in [2.24, 2.45) is 0 Å². The third-order valence-corrected chi connectivity index (χ3v) is 3.94.